The molecule has 0 heterocycles. The van der Waals surface area contributed by atoms with Crippen molar-refractivity contribution in [2.24, 2.45) is 22.7 Å². The van der Waals surface area contributed by atoms with E-state index in [9.17, 15) is 4.79 Å². The van der Waals surface area contributed by atoms with Crippen molar-refractivity contribution in [3.05, 3.63) is 0 Å². The van der Waals surface area contributed by atoms with E-state index in [4.69, 9.17) is 5.11 Å². The second-order valence-corrected chi connectivity index (χ2v) is 11.8. The molecule has 0 amide bonds. The molecule has 1 unspecified atom stereocenters. The Morgan fingerprint density at radius 3 is 2.00 bits per heavy atom. The minimum Gasteiger partial charge on any atom is -0.396 e. The van der Waals surface area contributed by atoms with Crippen molar-refractivity contribution in [1.82, 2.24) is 5.32 Å². The molecule has 0 bridgehead atoms. The maximum Gasteiger partial charge on any atom is 0.243 e. The molecule has 30 heavy (non-hydrogen) atoms. The smallest absolute Gasteiger partial charge is 0.243 e. The summed E-state index contributed by atoms with van der Waals surface area (Å²) in [5.74, 6) is 1.19. The van der Waals surface area contributed by atoms with Gasteiger partial charge in [0.2, 0.25) is 6.34 Å². The highest BCUT2D eigenvalue weighted by molar-refractivity contribution is 7.73. The number of nitrogens with zero attached hydrogens (tertiary/aromatic N) is 1. The first kappa shape index (κ1) is 31.6. The summed E-state index contributed by atoms with van der Waals surface area (Å²) in [7, 11) is 0. The molecule has 0 saturated carbocycles. The number of nitrogens with one attached hydrogen (secondary N) is 1. The van der Waals surface area contributed by atoms with Crippen molar-refractivity contribution in [3.63, 3.8) is 0 Å². The molecule has 5 heteroatoms. The monoisotopic (exact) mass is 445 g/mol. The summed E-state index contributed by atoms with van der Waals surface area (Å²) in [6, 6.07) is 0. The molecule has 4 nitrogen and oxygen atoms in total. The van der Waals surface area contributed by atoms with Gasteiger partial charge in [-0.1, -0.05) is 54.9 Å². The van der Waals surface area contributed by atoms with Crippen molar-refractivity contribution < 1.29 is 13.9 Å². The molecule has 0 aliphatic rings. The lowest BCUT2D eigenvalue weighted by Crippen LogP contribution is -2.42. The Morgan fingerprint density at radius 2 is 1.60 bits per heavy atom. The minimum absolute atomic E-state index is 0.0746. The molecule has 0 aromatic carbocycles. The first-order valence-corrected chi connectivity index (χ1v) is 12.1. The highest BCUT2D eigenvalue weighted by atomic mass is 32.1. The van der Waals surface area contributed by atoms with Gasteiger partial charge < -0.3 is 5.11 Å². The summed E-state index contributed by atoms with van der Waals surface area (Å²) < 4.78 is 1.71. The molecule has 0 aliphatic heterocycles. The molecule has 0 aliphatic carbocycles. The van der Waals surface area contributed by atoms with E-state index in [2.05, 4.69) is 52.8 Å². The van der Waals surface area contributed by atoms with Crippen LogP contribution in [0.1, 0.15) is 108 Å². The Labute approximate surface area is 193 Å². The van der Waals surface area contributed by atoms with Crippen LogP contribution in [0.5, 0.6) is 0 Å². The summed E-state index contributed by atoms with van der Waals surface area (Å²) in [5, 5.41) is 12.2. The van der Waals surface area contributed by atoms with Crippen molar-refractivity contribution in [2.45, 2.75) is 114 Å². The van der Waals surface area contributed by atoms with Crippen LogP contribution >= 0.6 is 12.8 Å². The van der Waals surface area contributed by atoms with Crippen LogP contribution in [0.15, 0.2) is 0 Å². The van der Waals surface area contributed by atoms with E-state index in [1.165, 1.54) is 19.3 Å². The fraction of sp³-hybridized carbons (Fsp3) is 0.920. The number of aliphatic hydroxyl groups is 1. The first-order chi connectivity index (χ1) is 13.5. The van der Waals surface area contributed by atoms with Crippen molar-refractivity contribution >= 4 is 24.9 Å². The maximum atomic E-state index is 12.3. The van der Waals surface area contributed by atoms with Gasteiger partial charge >= 0.3 is 0 Å². The zero-order chi connectivity index (χ0) is 24.2. The summed E-state index contributed by atoms with van der Waals surface area (Å²) in [4.78, 5) is 12.3. The van der Waals surface area contributed by atoms with Crippen LogP contribution in [0.2, 0.25) is 0 Å². The third-order valence-electron chi connectivity index (χ3n) is 5.51. The quantitative estimate of drug-likeness (QED) is 0.138. The summed E-state index contributed by atoms with van der Waals surface area (Å²) in [5.41, 5.74) is -0.0556. The van der Waals surface area contributed by atoms with Crippen LogP contribution in [0.25, 0.3) is 0 Å². The number of thiol groups is 1. The molecule has 0 fully saturated rings. The van der Waals surface area contributed by atoms with Gasteiger partial charge in [0.15, 0.2) is 0 Å². The zero-order valence-electron chi connectivity index (χ0n) is 21.9. The van der Waals surface area contributed by atoms with Crippen LogP contribution < -0.4 is 5.32 Å². The first-order valence-electron chi connectivity index (χ1n) is 11.7. The van der Waals surface area contributed by atoms with Gasteiger partial charge in [0.25, 0.3) is 0 Å². The number of hydrogen-bond acceptors (Lipinski definition) is 3. The molecule has 0 saturated heterocycles. The van der Waals surface area contributed by atoms with E-state index in [0.29, 0.717) is 18.4 Å². The number of hydrogen-bond donors (Lipinski definition) is 3. The average Bonchev–Trinajstić information content (AvgIpc) is 2.57. The SMILES string of the molecule is CCC(C)C(=O)C(C)(C)C/[N+](S)=C/NC(C)(C)CCO.CCCC(C)(C)CC(C)C. The van der Waals surface area contributed by atoms with Crippen LogP contribution in [0, 0.1) is 22.7 Å². The number of ketones is 1. The highest BCUT2D eigenvalue weighted by Crippen LogP contribution is 2.30. The fourth-order valence-electron chi connectivity index (χ4n) is 3.87. The molecular formula is C25H53N2O2S+. The predicted octanol–water partition coefficient (Wildman–Crippen LogP) is 6.12. The molecule has 1 atom stereocenters. The normalized spacial score (nSPS) is 14.3. The minimum atomic E-state index is -0.434. The lowest BCUT2D eigenvalue weighted by atomic mass is 9.80. The summed E-state index contributed by atoms with van der Waals surface area (Å²) in [6.07, 6.45) is 7.33. The number of Topliss-reactive ketones (excluding diaryl/α,β-unsaturated/α-hetero) is 1. The van der Waals surface area contributed by atoms with E-state index in [1.807, 2.05) is 41.5 Å². The van der Waals surface area contributed by atoms with Crippen molar-refractivity contribution in [1.29, 1.82) is 0 Å². The Morgan fingerprint density at radius 1 is 1.07 bits per heavy atom. The van der Waals surface area contributed by atoms with E-state index in [-0.39, 0.29) is 23.8 Å². The Balaban J connectivity index is 0. The second kappa shape index (κ2) is 14.5. The number of rotatable bonds is 13. The molecular weight excluding hydrogens is 392 g/mol. The average molecular weight is 446 g/mol. The number of aliphatic hydroxyl groups excluding tert-OH is 1. The Kier molecular flexibility index (Phi) is 15.3. The predicted molar refractivity (Wildman–Crippen MR) is 135 cm³/mol. The van der Waals surface area contributed by atoms with Gasteiger partial charge in [-0.05, 0) is 58.3 Å². The molecule has 180 valence electrons. The van der Waals surface area contributed by atoms with E-state index in [0.717, 1.165) is 12.3 Å². The van der Waals surface area contributed by atoms with Gasteiger partial charge in [0, 0.05) is 31.8 Å². The zero-order valence-corrected chi connectivity index (χ0v) is 22.8. The molecule has 0 aromatic rings. The van der Waals surface area contributed by atoms with Gasteiger partial charge in [-0.15, -0.1) is 0 Å². The largest absolute Gasteiger partial charge is 0.396 e. The Hall–Kier alpha value is -0.550. The van der Waals surface area contributed by atoms with Crippen LogP contribution in [0.3, 0.4) is 0 Å². The van der Waals surface area contributed by atoms with Crippen LogP contribution in [-0.4, -0.2) is 39.9 Å². The fourth-order valence-corrected chi connectivity index (χ4v) is 4.28. The lowest BCUT2D eigenvalue weighted by molar-refractivity contribution is -0.358. The topological polar surface area (TPSA) is 52.3 Å². The van der Waals surface area contributed by atoms with Gasteiger partial charge in [0.05, 0.1) is 5.41 Å². The highest BCUT2D eigenvalue weighted by Gasteiger charge is 2.33. The van der Waals surface area contributed by atoms with Gasteiger partial charge in [-0.3, -0.25) is 10.1 Å². The maximum absolute atomic E-state index is 12.3. The summed E-state index contributed by atoms with van der Waals surface area (Å²) >= 11 is 4.40. The summed E-state index contributed by atoms with van der Waals surface area (Å²) in [6.45, 7) is 24.2. The van der Waals surface area contributed by atoms with E-state index >= 15 is 0 Å². The van der Waals surface area contributed by atoms with Crippen molar-refractivity contribution in [3.8, 4) is 0 Å². The Bertz CT molecular complexity index is 511. The second-order valence-electron chi connectivity index (χ2n) is 11.3. The van der Waals surface area contributed by atoms with Gasteiger partial charge in [-0.25, -0.2) is 3.98 Å². The third-order valence-corrected chi connectivity index (χ3v) is 5.77. The molecule has 0 rings (SSSR count). The molecule has 0 aromatic heterocycles. The lowest BCUT2D eigenvalue weighted by Gasteiger charge is -2.25. The third kappa shape index (κ3) is 15.3. The molecule has 0 spiro atoms. The van der Waals surface area contributed by atoms with Crippen LogP contribution in [0.4, 0.5) is 0 Å². The van der Waals surface area contributed by atoms with Gasteiger partial charge in [-0.2, -0.15) is 0 Å². The molecule has 0 radical (unpaired) electrons. The van der Waals surface area contributed by atoms with Crippen LogP contribution in [-0.2, 0) is 4.79 Å². The van der Waals surface area contributed by atoms with E-state index in [1.54, 1.807) is 10.3 Å². The van der Waals surface area contributed by atoms with Gasteiger partial charge in [0.1, 0.15) is 17.9 Å². The standard InChI is InChI=1S/C15H30N2O2S.C10H22/c1-7-12(2)13(19)14(3,4)10-17(20)11-16-15(5,6)8-9-18;1-6-7-10(4,5)8-9(2)3/h11-12,18,20H,7-10H2,1-6H3;9H,6-8H2,1-5H3/p+1. The number of carbonyl (C=O) groups excluding carboxylic acids is 1. The number of carbonyl (C=O) groups is 1. The van der Waals surface area contributed by atoms with E-state index < -0.39 is 5.41 Å². The van der Waals surface area contributed by atoms with Crippen molar-refractivity contribution in [2.75, 3.05) is 13.2 Å². The molecule has 2 N–H and O–H groups in total.